The van der Waals surface area contributed by atoms with Gasteiger partial charge in [-0.3, -0.25) is 4.79 Å². The fourth-order valence-corrected chi connectivity index (χ4v) is 6.05. The quantitative estimate of drug-likeness (QED) is 0.224. The number of carbonyl (C=O) groups excluding carboxylic acids is 1. The molecule has 2 aromatic carbocycles. The fourth-order valence-electron chi connectivity index (χ4n) is 6.05. The first-order chi connectivity index (χ1) is 20.6. The molecule has 2 aliphatic carbocycles. The molecular formula is C31H35N9O2. The molecule has 42 heavy (non-hydrogen) atoms. The Kier molecular flexibility index (Phi) is 6.94. The first-order valence-corrected chi connectivity index (χ1v) is 14.7. The lowest BCUT2D eigenvalue weighted by atomic mass is 9.96. The van der Waals surface area contributed by atoms with Crippen molar-refractivity contribution >= 4 is 40.1 Å². The Labute approximate surface area is 244 Å². The summed E-state index contributed by atoms with van der Waals surface area (Å²) in [4.78, 5) is 24.7. The lowest BCUT2D eigenvalue weighted by molar-refractivity contribution is -0.125. The summed E-state index contributed by atoms with van der Waals surface area (Å²) in [5.74, 6) is 1.10. The Balaban J connectivity index is 1.19. The predicted octanol–water partition coefficient (Wildman–Crippen LogP) is 3.72. The number of anilines is 4. The summed E-state index contributed by atoms with van der Waals surface area (Å²) < 4.78 is 1.79. The smallest absolute Gasteiger partial charge is 0.229 e. The maximum atomic E-state index is 12.9. The van der Waals surface area contributed by atoms with Crippen molar-refractivity contribution in [2.45, 2.75) is 56.8 Å². The highest BCUT2D eigenvalue weighted by Crippen LogP contribution is 2.37. The maximum Gasteiger partial charge on any atom is 0.229 e. The number of hydrogen-bond donors (Lipinski definition) is 4. The van der Waals surface area contributed by atoms with Crippen molar-refractivity contribution in [3.8, 4) is 0 Å². The summed E-state index contributed by atoms with van der Waals surface area (Å²) in [7, 11) is 0. The van der Waals surface area contributed by atoms with Gasteiger partial charge < -0.3 is 26.0 Å². The van der Waals surface area contributed by atoms with E-state index in [0.29, 0.717) is 37.3 Å². The molecule has 4 aromatic rings. The second-order valence-electron chi connectivity index (χ2n) is 11.5. The molecule has 2 fully saturated rings. The van der Waals surface area contributed by atoms with Crippen LogP contribution in [0.1, 0.15) is 42.9 Å². The standard InChI is InChI=1S/C31H35N9O2/c1-2-13-40-25-16-22(11-12-24(25)37-38-40)34-31-32-17-26(39-14-5-7-20(18-39)30(42)33-21-9-10-21)29(36-31)35-28-23-8-4-3-6-19(23)15-27(28)41/h2-4,6,8,11-12,16-17,20-21,27-28,41H,1,5,7,9-10,13-15,18H2,(H,33,42)(H2,32,34,35,36)/t20?,27-,28+/m1/s1. The zero-order valence-corrected chi connectivity index (χ0v) is 23.4. The normalized spacial score (nSPS) is 21.6. The molecule has 3 heterocycles. The zero-order valence-electron chi connectivity index (χ0n) is 23.4. The number of nitrogens with zero attached hydrogens (tertiary/aromatic N) is 6. The molecule has 7 rings (SSSR count). The van der Waals surface area contributed by atoms with E-state index in [-0.39, 0.29) is 17.9 Å². The highest BCUT2D eigenvalue weighted by Gasteiger charge is 2.34. The van der Waals surface area contributed by atoms with Crippen molar-refractivity contribution in [3.05, 3.63) is 72.4 Å². The van der Waals surface area contributed by atoms with Gasteiger partial charge >= 0.3 is 0 Å². The van der Waals surface area contributed by atoms with Crippen LogP contribution in [-0.2, 0) is 17.8 Å². The van der Waals surface area contributed by atoms with Crippen molar-refractivity contribution in [3.63, 3.8) is 0 Å². The summed E-state index contributed by atoms with van der Waals surface area (Å²) in [6, 6.07) is 13.9. The van der Waals surface area contributed by atoms with Gasteiger partial charge in [0.25, 0.3) is 0 Å². The molecule has 3 atom stereocenters. The van der Waals surface area contributed by atoms with Gasteiger partial charge in [-0.2, -0.15) is 4.98 Å². The lowest BCUT2D eigenvalue weighted by Gasteiger charge is -2.35. The molecular weight excluding hydrogens is 530 g/mol. The Morgan fingerprint density at radius 3 is 2.90 bits per heavy atom. The molecule has 2 aromatic heterocycles. The first kappa shape index (κ1) is 26.4. The van der Waals surface area contributed by atoms with Crippen LogP contribution in [0.5, 0.6) is 0 Å². The maximum absolute atomic E-state index is 12.9. The number of fused-ring (bicyclic) bond motifs is 2. The van der Waals surface area contributed by atoms with Crippen LogP contribution in [0.15, 0.2) is 61.3 Å². The van der Waals surface area contributed by atoms with Crippen molar-refractivity contribution in [1.82, 2.24) is 30.3 Å². The molecule has 1 aliphatic heterocycles. The van der Waals surface area contributed by atoms with Crippen molar-refractivity contribution in [1.29, 1.82) is 0 Å². The number of allylic oxidation sites excluding steroid dienone is 1. The van der Waals surface area contributed by atoms with Crippen LogP contribution in [0, 0.1) is 5.92 Å². The SMILES string of the molecule is C=CCn1nnc2ccc(Nc3ncc(N4CCCC(C(=O)NC5CC5)C4)c(N[C@H]4c5ccccc5C[C@H]4O)n3)cc21. The van der Waals surface area contributed by atoms with Gasteiger partial charge in [0.15, 0.2) is 5.82 Å². The molecule has 0 radical (unpaired) electrons. The van der Waals surface area contributed by atoms with Crippen molar-refractivity contribution in [2.75, 3.05) is 28.6 Å². The topological polar surface area (TPSA) is 133 Å². The number of nitrogens with one attached hydrogen (secondary N) is 3. The number of aromatic nitrogens is 5. The molecule has 11 heteroatoms. The van der Waals surface area contributed by atoms with E-state index in [0.717, 1.165) is 65.8 Å². The van der Waals surface area contributed by atoms with Crippen LogP contribution >= 0.6 is 0 Å². The summed E-state index contributed by atoms with van der Waals surface area (Å²) >= 11 is 0. The van der Waals surface area contributed by atoms with E-state index in [9.17, 15) is 9.90 Å². The number of aliphatic hydroxyl groups is 1. The Bertz CT molecular complexity index is 1630. The van der Waals surface area contributed by atoms with Crippen molar-refractivity contribution < 1.29 is 9.90 Å². The zero-order chi connectivity index (χ0) is 28.6. The molecule has 1 saturated carbocycles. The largest absolute Gasteiger partial charge is 0.390 e. The minimum atomic E-state index is -0.583. The van der Waals surface area contributed by atoms with Gasteiger partial charge in [0.2, 0.25) is 11.9 Å². The van der Waals surface area contributed by atoms with E-state index in [1.165, 1.54) is 0 Å². The molecule has 216 valence electrons. The van der Waals surface area contributed by atoms with Gasteiger partial charge in [-0.25, -0.2) is 9.67 Å². The monoisotopic (exact) mass is 565 g/mol. The Hall–Kier alpha value is -4.51. The Morgan fingerprint density at radius 1 is 1.17 bits per heavy atom. The average Bonchev–Trinajstić information content (AvgIpc) is 3.65. The summed E-state index contributed by atoms with van der Waals surface area (Å²) in [5, 5.41) is 29.5. The average molecular weight is 566 g/mol. The number of hydrogen-bond acceptors (Lipinski definition) is 9. The van der Waals surface area contributed by atoms with E-state index < -0.39 is 6.10 Å². The number of rotatable bonds is 9. The third-order valence-corrected chi connectivity index (χ3v) is 8.39. The van der Waals surface area contributed by atoms with Crippen LogP contribution in [0.4, 0.5) is 23.1 Å². The minimum absolute atomic E-state index is 0.0800. The van der Waals surface area contributed by atoms with E-state index in [4.69, 9.17) is 4.98 Å². The molecule has 0 bridgehead atoms. The van der Waals surface area contributed by atoms with Gasteiger partial charge in [0.1, 0.15) is 5.52 Å². The van der Waals surface area contributed by atoms with Gasteiger partial charge in [-0.05, 0) is 55.0 Å². The molecule has 1 unspecified atom stereocenters. The van der Waals surface area contributed by atoms with E-state index in [2.05, 4.69) is 54.9 Å². The van der Waals surface area contributed by atoms with Crippen molar-refractivity contribution in [2.24, 2.45) is 5.92 Å². The van der Waals surface area contributed by atoms with E-state index in [1.54, 1.807) is 10.8 Å². The van der Waals surface area contributed by atoms with Crippen LogP contribution in [0.2, 0.25) is 0 Å². The fraction of sp³-hybridized carbons (Fsp3) is 0.387. The lowest BCUT2D eigenvalue weighted by Crippen LogP contribution is -2.44. The second-order valence-corrected chi connectivity index (χ2v) is 11.5. The molecule has 1 amide bonds. The van der Waals surface area contributed by atoms with Crippen LogP contribution < -0.4 is 20.9 Å². The third kappa shape index (κ3) is 5.27. The first-order valence-electron chi connectivity index (χ1n) is 14.7. The number of amides is 1. The highest BCUT2D eigenvalue weighted by molar-refractivity contribution is 5.81. The van der Waals surface area contributed by atoms with E-state index in [1.807, 2.05) is 36.5 Å². The van der Waals surface area contributed by atoms with E-state index >= 15 is 0 Å². The number of carbonyl (C=O) groups is 1. The van der Waals surface area contributed by atoms with Gasteiger partial charge in [0.05, 0.1) is 42.0 Å². The summed E-state index contributed by atoms with van der Waals surface area (Å²) in [6.45, 7) is 5.77. The molecule has 4 N–H and O–H groups in total. The highest BCUT2D eigenvalue weighted by atomic mass is 16.3. The molecule has 1 saturated heterocycles. The molecule has 11 nitrogen and oxygen atoms in total. The van der Waals surface area contributed by atoms with Gasteiger partial charge in [-0.1, -0.05) is 35.6 Å². The summed E-state index contributed by atoms with van der Waals surface area (Å²) in [5.41, 5.74) is 5.49. The van der Waals surface area contributed by atoms with Gasteiger partial charge in [0, 0.05) is 31.2 Å². The predicted molar refractivity (Wildman–Crippen MR) is 162 cm³/mol. The third-order valence-electron chi connectivity index (χ3n) is 8.39. The number of piperidine rings is 1. The van der Waals surface area contributed by atoms with Crippen LogP contribution in [0.25, 0.3) is 11.0 Å². The van der Waals surface area contributed by atoms with Crippen LogP contribution in [-0.4, -0.2) is 61.2 Å². The Morgan fingerprint density at radius 2 is 2.05 bits per heavy atom. The van der Waals surface area contributed by atoms with Gasteiger partial charge in [-0.15, -0.1) is 11.7 Å². The summed E-state index contributed by atoms with van der Waals surface area (Å²) in [6.07, 6.45) is 7.52. The molecule has 3 aliphatic rings. The minimum Gasteiger partial charge on any atom is -0.390 e. The van der Waals surface area contributed by atoms with Crippen LogP contribution in [0.3, 0.4) is 0 Å². The molecule has 0 spiro atoms. The number of benzene rings is 2. The second kappa shape index (κ2) is 11.1. The number of aliphatic hydroxyl groups excluding tert-OH is 1.